The summed E-state index contributed by atoms with van der Waals surface area (Å²) in [4.78, 5) is 39.3. The van der Waals surface area contributed by atoms with Gasteiger partial charge in [-0.05, 0) is 38.2 Å². The van der Waals surface area contributed by atoms with Gasteiger partial charge in [-0.25, -0.2) is 9.97 Å². The largest absolute Gasteiger partial charge is 0.387 e. The number of aliphatic hydroxyl groups excluding tert-OH is 1. The fourth-order valence-electron chi connectivity index (χ4n) is 6.01. The Morgan fingerprint density at radius 3 is 2.44 bits per heavy atom. The number of benzene rings is 1. The third kappa shape index (κ3) is 3.48. The number of Topliss-reactive ketones (excluding diaryl/α,β-unsaturated/α-hetero) is 1. The lowest BCUT2D eigenvalue weighted by atomic mass is 9.85. The minimum Gasteiger partial charge on any atom is -0.387 e. The zero-order chi connectivity index (χ0) is 25.0. The molecular formula is C26H27N7O3. The van der Waals surface area contributed by atoms with E-state index in [0.29, 0.717) is 29.7 Å². The molecule has 184 valence electrons. The number of amides is 1. The molecule has 0 spiro atoms. The molecule has 2 bridgehead atoms. The predicted molar refractivity (Wildman–Crippen MR) is 133 cm³/mol. The summed E-state index contributed by atoms with van der Waals surface area (Å²) in [6.07, 6.45) is 8.37. The fraction of sp³-hybridized carbons (Fsp3) is 0.346. The van der Waals surface area contributed by atoms with Gasteiger partial charge in [0, 0.05) is 41.5 Å². The van der Waals surface area contributed by atoms with Crippen molar-refractivity contribution in [3.05, 3.63) is 54.1 Å². The third-order valence-corrected chi connectivity index (χ3v) is 7.57. The molecule has 6 rings (SSSR count). The van der Waals surface area contributed by atoms with E-state index >= 15 is 0 Å². The molecule has 1 aromatic carbocycles. The van der Waals surface area contributed by atoms with E-state index in [2.05, 4.69) is 15.1 Å². The maximum atomic E-state index is 12.7. The van der Waals surface area contributed by atoms with Gasteiger partial charge in [0.15, 0.2) is 11.4 Å². The molecule has 4 aromatic rings. The standard InChI is InChI=1S/C26H27N7O3/c1-14(35)22-23(17-10-18-6-7-19(11-17)32(18)21(36)13-34)31-26-20(12-30-33(26)24(22)27)15-2-4-16(5-3-15)25-28-8-9-29-25/h2-5,8-9,12,17-19,34H,6-7,10-11,13,27H2,1H3,(H,28,29)/t17-,18+,19-. The summed E-state index contributed by atoms with van der Waals surface area (Å²) in [5, 5.41) is 13.9. The quantitative estimate of drug-likeness (QED) is 0.369. The Labute approximate surface area is 207 Å². The van der Waals surface area contributed by atoms with Crippen LogP contribution >= 0.6 is 0 Å². The van der Waals surface area contributed by atoms with E-state index in [1.54, 1.807) is 18.6 Å². The summed E-state index contributed by atoms with van der Waals surface area (Å²) in [6, 6.07) is 8.01. The van der Waals surface area contributed by atoms with Crippen molar-refractivity contribution in [1.82, 2.24) is 29.5 Å². The zero-order valence-corrected chi connectivity index (χ0v) is 19.9. The number of piperidine rings is 1. The number of aliphatic hydroxyl groups is 1. The number of rotatable bonds is 5. The van der Waals surface area contributed by atoms with Gasteiger partial charge in [0.05, 0.1) is 17.5 Å². The molecule has 0 radical (unpaired) electrons. The van der Waals surface area contributed by atoms with Gasteiger partial charge in [-0.2, -0.15) is 9.61 Å². The van der Waals surface area contributed by atoms with E-state index in [4.69, 9.17) is 10.7 Å². The highest BCUT2D eigenvalue weighted by Crippen LogP contribution is 2.44. The van der Waals surface area contributed by atoms with E-state index < -0.39 is 6.61 Å². The molecule has 5 heterocycles. The van der Waals surface area contributed by atoms with Gasteiger partial charge in [-0.1, -0.05) is 24.3 Å². The monoisotopic (exact) mass is 485 g/mol. The molecule has 0 aliphatic carbocycles. The number of carbonyl (C=O) groups is 2. The Bertz CT molecular complexity index is 1450. The molecular weight excluding hydrogens is 458 g/mol. The lowest BCUT2D eigenvalue weighted by molar-refractivity contribution is -0.138. The van der Waals surface area contributed by atoms with Crippen LogP contribution in [0.15, 0.2) is 42.9 Å². The Morgan fingerprint density at radius 2 is 1.83 bits per heavy atom. The van der Waals surface area contributed by atoms with Crippen LogP contribution in [-0.4, -0.2) is 65.0 Å². The van der Waals surface area contributed by atoms with Crippen LogP contribution in [0.3, 0.4) is 0 Å². The van der Waals surface area contributed by atoms with E-state index in [0.717, 1.165) is 35.4 Å². The maximum Gasteiger partial charge on any atom is 0.248 e. The molecule has 1 amide bonds. The molecule has 2 aliphatic rings. The summed E-state index contributed by atoms with van der Waals surface area (Å²) < 4.78 is 1.54. The molecule has 3 aromatic heterocycles. The van der Waals surface area contributed by atoms with E-state index in [1.807, 2.05) is 29.2 Å². The van der Waals surface area contributed by atoms with Crippen LogP contribution in [0, 0.1) is 0 Å². The lowest BCUT2D eigenvalue weighted by Gasteiger charge is -2.39. The van der Waals surface area contributed by atoms with Gasteiger partial charge in [0.1, 0.15) is 18.2 Å². The second-order valence-electron chi connectivity index (χ2n) is 9.63. The Morgan fingerprint density at radius 1 is 1.14 bits per heavy atom. The zero-order valence-electron chi connectivity index (χ0n) is 19.9. The van der Waals surface area contributed by atoms with E-state index in [9.17, 15) is 14.7 Å². The number of H-pyrrole nitrogens is 1. The SMILES string of the molecule is CC(=O)c1c([C@H]2C[C@H]3CC[C@@H](C2)N3C(=O)CO)nc2c(-c3ccc(-c4ncc[nH]4)cc3)cnn2c1N. The predicted octanol–water partition coefficient (Wildman–Crippen LogP) is 2.80. The van der Waals surface area contributed by atoms with Gasteiger partial charge in [-0.3, -0.25) is 9.59 Å². The third-order valence-electron chi connectivity index (χ3n) is 7.57. The number of carbonyl (C=O) groups excluding carboxylic acids is 2. The number of anilines is 1. The summed E-state index contributed by atoms with van der Waals surface area (Å²) in [5.74, 6) is 0.671. The number of ketones is 1. The average molecular weight is 486 g/mol. The normalized spacial score (nSPS) is 21.3. The minimum absolute atomic E-state index is 0.0134. The smallest absolute Gasteiger partial charge is 0.248 e. The molecule has 10 heteroatoms. The van der Waals surface area contributed by atoms with Gasteiger partial charge >= 0.3 is 0 Å². The Balaban J connectivity index is 1.42. The molecule has 10 nitrogen and oxygen atoms in total. The average Bonchev–Trinajstić information content (AvgIpc) is 3.62. The minimum atomic E-state index is -0.481. The van der Waals surface area contributed by atoms with Crippen molar-refractivity contribution in [2.24, 2.45) is 0 Å². The van der Waals surface area contributed by atoms with Gasteiger partial charge < -0.3 is 20.7 Å². The van der Waals surface area contributed by atoms with Crippen LogP contribution < -0.4 is 5.73 Å². The van der Waals surface area contributed by atoms with E-state index in [-0.39, 0.29) is 35.5 Å². The summed E-state index contributed by atoms with van der Waals surface area (Å²) in [7, 11) is 0. The molecule has 2 aliphatic heterocycles. The first-order valence-corrected chi connectivity index (χ1v) is 12.2. The summed E-state index contributed by atoms with van der Waals surface area (Å²) in [5.41, 5.74) is 10.9. The molecule has 2 fully saturated rings. The van der Waals surface area contributed by atoms with Crippen molar-refractivity contribution in [3.8, 4) is 22.5 Å². The second kappa shape index (κ2) is 8.56. The summed E-state index contributed by atoms with van der Waals surface area (Å²) >= 11 is 0. The van der Waals surface area contributed by atoms with Gasteiger partial charge in [-0.15, -0.1) is 0 Å². The van der Waals surface area contributed by atoms with Crippen LogP contribution in [-0.2, 0) is 4.79 Å². The number of nitrogen functional groups attached to an aromatic ring is 1. The van der Waals surface area contributed by atoms with Gasteiger partial charge in [0.25, 0.3) is 0 Å². The first-order valence-electron chi connectivity index (χ1n) is 12.2. The number of nitrogens with one attached hydrogen (secondary N) is 1. The molecule has 0 unspecified atom stereocenters. The Hall–Kier alpha value is -4.05. The lowest BCUT2D eigenvalue weighted by Crippen LogP contribution is -2.47. The van der Waals surface area contributed by atoms with Crippen molar-refractivity contribution < 1.29 is 14.7 Å². The van der Waals surface area contributed by atoms with Crippen molar-refractivity contribution in [3.63, 3.8) is 0 Å². The number of hydrogen-bond donors (Lipinski definition) is 3. The highest BCUT2D eigenvalue weighted by Gasteiger charge is 2.44. The first kappa shape index (κ1) is 22.4. The first-order chi connectivity index (χ1) is 17.5. The van der Waals surface area contributed by atoms with E-state index in [1.165, 1.54) is 11.4 Å². The van der Waals surface area contributed by atoms with Crippen molar-refractivity contribution in [2.45, 2.75) is 50.6 Å². The van der Waals surface area contributed by atoms with Crippen molar-refractivity contribution in [1.29, 1.82) is 0 Å². The number of nitrogens with two attached hydrogens (primary N) is 1. The highest BCUT2D eigenvalue weighted by atomic mass is 16.3. The maximum absolute atomic E-state index is 12.7. The molecule has 0 saturated carbocycles. The number of hydrogen-bond acceptors (Lipinski definition) is 7. The molecule has 2 saturated heterocycles. The van der Waals surface area contributed by atoms with Crippen LogP contribution in [0.2, 0.25) is 0 Å². The summed E-state index contributed by atoms with van der Waals surface area (Å²) in [6.45, 7) is 1.02. The van der Waals surface area contributed by atoms with Crippen LogP contribution in [0.5, 0.6) is 0 Å². The van der Waals surface area contributed by atoms with Crippen LogP contribution in [0.25, 0.3) is 28.2 Å². The number of nitrogens with zero attached hydrogens (tertiary/aromatic N) is 5. The number of aromatic amines is 1. The number of imidazole rings is 1. The van der Waals surface area contributed by atoms with Crippen molar-refractivity contribution >= 4 is 23.2 Å². The number of aromatic nitrogens is 5. The van der Waals surface area contributed by atoms with Crippen molar-refractivity contribution in [2.75, 3.05) is 12.3 Å². The molecule has 36 heavy (non-hydrogen) atoms. The number of fused-ring (bicyclic) bond motifs is 3. The van der Waals surface area contributed by atoms with Crippen LogP contribution in [0.4, 0.5) is 5.82 Å². The van der Waals surface area contributed by atoms with Gasteiger partial charge in [0.2, 0.25) is 5.91 Å². The Kier molecular flexibility index (Phi) is 5.33. The topological polar surface area (TPSA) is 142 Å². The van der Waals surface area contributed by atoms with Crippen LogP contribution in [0.1, 0.15) is 54.6 Å². The fourth-order valence-corrected chi connectivity index (χ4v) is 6.01. The highest BCUT2D eigenvalue weighted by molar-refractivity contribution is 6.00. The molecule has 4 N–H and O–H groups in total. The molecule has 3 atom stereocenters. The second-order valence-corrected chi connectivity index (χ2v) is 9.63.